The Bertz CT molecular complexity index is 622. The quantitative estimate of drug-likeness (QED) is 0.720. The molecule has 0 bridgehead atoms. The molecule has 2 aromatic rings. The smallest absolute Gasteiger partial charge is 0.120 e. The Morgan fingerprint density at radius 1 is 1.21 bits per heavy atom. The molecule has 3 nitrogen and oxygen atoms in total. The molecule has 1 atom stereocenters. The lowest BCUT2D eigenvalue weighted by atomic mass is 10.1. The van der Waals surface area contributed by atoms with Gasteiger partial charge >= 0.3 is 0 Å². The van der Waals surface area contributed by atoms with E-state index >= 15 is 0 Å². The van der Waals surface area contributed by atoms with Crippen LogP contribution in [0.2, 0.25) is 0 Å². The number of phenols is 1. The SMILES string of the molecule is Cc1ccc(NC2CCc3cc(N)ccc32)cc1O. The monoisotopic (exact) mass is 254 g/mol. The van der Waals surface area contributed by atoms with Gasteiger partial charge in [-0.05, 0) is 54.7 Å². The summed E-state index contributed by atoms with van der Waals surface area (Å²) < 4.78 is 0. The minimum absolute atomic E-state index is 0.303. The molecule has 19 heavy (non-hydrogen) atoms. The van der Waals surface area contributed by atoms with Gasteiger partial charge in [-0.2, -0.15) is 0 Å². The standard InChI is InChI=1S/C16H18N2O/c1-10-2-5-13(9-16(10)19)18-15-7-3-11-8-12(17)4-6-14(11)15/h2,4-6,8-9,15,18-19H,3,7,17H2,1H3. The number of hydrogen-bond donors (Lipinski definition) is 3. The fourth-order valence-electron chi connectivity index (χ4n) is 2.69. The van der Waals surface area contributed by atoms with Crippen LogP contribution in [0.3, 0.4) is 0 Å². The summed E-state index contributed by atoms with van der Waals surface area (Å²) in [5.74, 6) is 0.334. The number of phenolic OH excluding ortho intramolecular Hbond substituents is 1. The van der Waals surface area contributed by atoms with Crippen LogP contribution >= 0.6 is 0 Å². The molecule has 1 aliphatic rings. The van der Waals surface area contributed by atoms with Crippen molar-refractivity contribution in [3.8, 4) is 5.75 Å². The van der Waals surface area contributed by atoms with E-state index in [4.69, 9.17) is 5.73 Å². The Labute approximate surface area is 113 Å². The summed E-state index contributed by atoms with van der Waals surface area (Å²) >= 11 is 0. The molecule has 4 N–H and O–H groups in total. The van der Waals surface area contributed by atoms with Gasteiger partial charge in [0.15, 0.2) is 0 Å². The van der Waals surface area contributed by atoms with Gasteiger partial charge in [-0.3, -0.25) is 0 Å². The first kappa shape index (κ1) is 11.9. The lowest BCUT2D eigenvalue weighted by molar-refractivity contribution is 0.471. The number of rotatable bonds is 2. The Kier molecular flexibility index (Phi) is 2.82. The molecule has 0 aromatic heterocycles. The summed E-state index contributed by atoms with van der Waals surface area (Å²) in [6, 6.07) is 12.1. The highest BCUT2D eigenvalue weighted by Gasteiger charge is 2.22. The van der Waals surface area contributed by atoms with Gasteiger partial charge in [-0.1, -0.05) is 12.1 Å². The van der Waals surface area contributed by atoms with Gasteiger partial charge in [-0.15, -0.1) is 0 Å². The zero-order chi connectivity index (χ0) is 13.4. The van der Waals surface area contributed by atoms with E-state index in [2.05, 4.69) is 17.4 Å². The maximum Gasteiger partial charge on any atom is 0.120 e. The second-order valence-corrected chi connectivity index (χ2v) is 5.20. The summed E-state index contributed by atoms with van der Waals surface area (Å²) in [5, 5.41) is 13.2. The van der Waals surface area contributed by atoms with Gasteiger partial charge in [0.2, 0.25) is 0 Å². The minimum atomic E-state index is 0.303. The van der Waals surface area contributed by atoms with Crippen molar-refractivity contribution in [3.05, 3.63) is 53.1 Å². The van der Waals surface area contributed by atoms with Crippen molar-refractivity contribution in [1.29, 1.82) is 0 Å². The van der Waals surface area contributed by atoms with Crippen LogP contribution in [-0.2, 0) is 6.42 Å². The molecular weight excluding hydrogens is 236 g/mol. The van der Waals surface area contributed by atoms with Crippen LogP contribution in [0, 0.1) is 6.92 Å². The van der Waals surface area contributed by atoms with E-state index < -0.39 is 0 Å². The number of anilines is 2. The second kappa shape index (κ2) is 4.50. The fourth-order valence-corrected chi connectivity index (χ4v) is 2.69. The fraction of sp³-hybridized carbons (Fsp3) is 0.250. The Hall–Kier alpha value is -2.16. The molecule has 1 unspecified atom stereocenters. The Balaban J connectivity index is 1.84. The third-order valence-electron chi connectivity index (χ3n) is 3.79. The molecular formula is C16H18N2O. The molecule has 2 aromatic carbocycles. The van der Waals surface area contributed by atoms with E-state index in [-0.39, 0.29) is 0 Å². The molecule has 0 radical (unpaired) electrons. The first-order valence-corrected chi connectivity index (χ1v) is 6.58. The highest BCUT2D eigenvalue weighted by molar-refractivity contribution is 5.55. The predicted octanol–water partition coefficient (Wildman–Crippen LogP) is 3.38. The van der Waals surface area contributed by atoms with Crippen molar-refractivity contribution in [3.63, 3.8) is 0 Å². The first-order chi connectivity index (χ1) is 9.13. The average Bonchev–Trinajstić information content (AvgIpc) is 2.76. The maximum atomic E-state index is 9.75. The third-order valence-corrected chi connectivity index (χ3v) is 3.79. The Morgan fingerprint density at radius 2 is 2.05 bits per heavy atom. The Morgan fingerprint density at radius 3 is 2.84 bits per heavy atom. The van der Waals surface area contributed by atoms with Crippen molar-refractivity contribution in [2.45, 2.75) is 25.8 Å². The van der Waals surface area contributed by atoms with E-state index in [1.165, 1.54) is 11.1 Å². The zero-order valence-electron chi connectivity index (χ0n) is 11.0. The summed E-state index contributed by atoms with van der Waals surface area (Å²) in [6.07, 6.45) is 2.11. The topological polar surface area (TPSA) is 58.3 Å². The average molecular weight is 254 g/mol. The van der Waals surface area contributed by atoms with Crippen LogP contribution in [0.25, 0.3) is 0 Å². The number of aromatic hydroxyl groups is 1. The number of aryl methyl sites for hydroxylation is 2. The minimum Gasteiger partial charge on any atom is -0.508 e. The molecule has 1 aliphatic carbocycles. The number of fused-ring (bicyclic) bond motifs is 1. The number of hydrogen-bond acceptors (Lipinski definition) is 3. The van der Waals surface area contributed by atoms with Gasteiger partial charge < -0.3 is 16.2 Å². The molecule has 0 spiro atoms. The largest absolute Gasteiger partial charge is 0.508 e. The molecule has 3 rings (SSSR count). The highest BCUT2D eigenvalue weighted by Crippen LogP contribution is 2.35. The van der Waals surface area contributed by atoms with Crippen LogP contribution < -0.4 is 11.1 Å². The van der Waals surface area contributed by atoms with Gasteiger partial charge in [0, 0.05) is 17.4 Å². The van der Waals surface area contributed by atoms with E-state index in [0.717, 1.165) is 29.8 Å². The molecule has 0 amide bonds. The van der Waals surface area contributed by atoms with Crippen molar-refractivity contribution in [2.24, 2.45) is 0 Å². The second-order valence-electron chi connectivity index (χ2n) is 5.20. The van der Waals surface area contributed by atoms with Crippen molar-refractivity contribution in [2.75, 3.05) is 11.1 Å². The number of nitrogens with one attached hydrogen (secondary N) is 1. The van der Waals surface area contributed by atoms with Crippen LogP contribution in [0.1, 0.15) is 29.2 Å². The molecule has 98 valence electrons. The van der Waals surface area contributed by atoms with Gasteiger partial charge in [0.25, 0.3) is 0 Å². The van der Waals surface area contributed by atoms with Gasteiger partial charge in [-0.25, -0.2) is 0 Å². The zero-order valence-corrected chi connectivity index (χ0v) is 11.0. The van der Waals surface area contributed by atoms with Crippen LogP contribution in [0.4, 0.5) is 11.4 Å². The molecule has 0 fully saturated rings. The number of benzene rings is 2. The predicted molar refractivity (Wildman–Crippen MR) is 78.4 cm³/mol. The lowest BCUT2D eigenvalue weighted by Gasteiger charge is -2.16. The van der Waals surface area contributed by atoms with E-state index in [0.29, 0.717) is 11.8 Å². The van der Waals surface area contributed by atoms with E-state index in [1.807, 2.05) is 25.1 Å². The molecule has 0 heterocycles. The van der Waals surface area contributed by atoms with Crippen molar-refractivity contribution < 1.29 is 5.11 Å². The summed E-state index contributed by atoms with van der Waals surface area (Å²) in [6.45, 7) is 1.90. The summed E-state index contributed by atoms with van der Waals surface area (Å²) in [4.78, 5) is 0. The lowest BCUT2D eigenvalue weighted by Crippen LogP contribution is -2.07. The van der Waals surface area contributed by atoms with Crippen LogP contribution in [0.5, 0.6) is 5.75 Å². The van der Waals surface area contributed by atoms with E-state index in [1.54, 1.807) is 6.07 Å². The normalized spacial score (nSPS) is 17.2. The summed E-state index contributed by atoms with van der Waals surface area (Å²) in [7, 11) is 0. The first-order valence-electron chi connectivity index (χ1n) is 6.58. The van der Waals surface area contributed by atoms with Crippen LogP contribution in [-0.4, -0.2) is 5.11 Å². The van der Waals surface area contributed by atoms with Crippen molar-refractivity contribution in [1.82, 2.24) is 0 Å². The van der Waals surface area contributed by atoms with Crippen LogP contribution in [0.15, 0.2) is 36.4 Å². The maximum absolute atomic E-state index is 9.75. The molecule has 0 aliphatic heterocycles. The van der Waals surface area contributed by atoms with E-state index in [9.17, 15) is 5.11 Å². The molecule has 0 saturated carbocycles. The third kappa shape index (κ3) is 2.24. The molecule has 3 heteroatoms. The summed E-state index contributed by atoms with van der Waals surface area (Å²) in [5.41, 5.74) is 11.1. The van der Waals surface area contributed by atoms with Gasteiger partial charge in [0.05, 0.1) is 6.04 Å². The number of nitrogen functional groups attached to an aromatic ring is 1. The van der Waals surface area contributed by atoms with Crippen molar-refractivity contribution >= 4 is 11.4 Å². The number of nitrogens with two attached hydrogens (primary N) is 1. The molecule has 0 saturated heterocycles. The highest BCUT2D eigenvalue weighted by atomic mass is 16.3. The van der Waals surface area contributed by atoms with Gasteiger partial charge in [0.1, 0.15) is 5.75 Å².